The lowest BCUT2D eigenvalue weighted by Crippen LogP contribution is -2.45. The first-order valence-electron chi connectivity index (χ1n) is 9.61. The Morgan fingerprint density at radius 1 is 1.36 bits per heavy atom. The van der Waals surface area contributed by atoms with Crippen molar-refractivity contribution in [2.75, 3.05) is 37.7 Å². The third kappa shape index (κ3) is 6.61. The molecule has 1 aromatic rings. The summed E-state index contributed by atoms with van der Waals surface area (Å²) in [4.78, 5) is 6.71. The molecule has 2 heterocycles. The van der Waals surface area contributed by atoms with Crippen molar-refractivity contribution in [1.29, 1.82) is 0 Å². The first-order chi connectivity index (χ1) is 13.2. The monoisotopic (exact) mass is 510 g/mol. The van der Waals surface area contributed by atoms with Gasteiger partial charge in [0.25, 0.3) is 0 Å². The van der Waals surface area contributed by atoms with Crippen molar-refractivity contribution >= 4 is 35.6 Å². The number of alkyl halides is 2. The molecule has 0 aliphatic carbocycles. The van der Waals surface area contributed by atoms with E-state index in [1.807, 2.05) is 19.1 Å². The second kappa shape index (κ2) is 11.6. The van der Waals surface area contributed by atoms with E-state index in [-0.39, 0.29) is 41.9 Å². The number of guanidine groups is 1. The summed E-state index contributed by atoms with van der Waals surface area (Å²) in [6, 6.07) is 7.12. The number of benzene rings is 1. The van der Waals surface area contributed by atoms with E-state index >= 15 is 0 Å². The lowest BCUT2D eigenvalue weighted by Gasteiger charge is -2.22. The van der Waals surface area contributed by atoms with Crippen LogP contribution in [0.15, 0.2) is 29.3 Å². The summed E-state index contributed by atoms with van der Waals surface area (Å²) in [6.07, 6.45) is 3.26. The summed E-state index contributed by atoms with van der Waals surface area (Å²) >= 11 is 0. The molecule has 9 heteroatoms. The van der Waals surface area contributed by atoms with Crippen LogP contribution in [0.1, 0.15) is 26.2 Å². The lowest BCUT2D eigenvalue weighted by atomic mass is 10.2. The highest BCUT2D eigenvalue weighted by atomic mass is 127. The van der Waals surface area contributed by atoms with Crippen molar-refractivity contribution in [3.63, 3.8) is 0 Å². The molecule has 2 fully saturated rings. The topological polar surface area (TPSA) is 58.1 Å². The Morgan fingerprint density at radius 2 is 2.18 bits per heavy atom. The Hall–Kier alpha value is -1.36. The predicted molar refractivity (Wildman–Crippen MR) is 117 cm³/mol. The Morgan fingerprint density at radius 3 is 2.89 bits per heavy atom. The van der Waals surface area contributed by atoms with E-state index in [4.69, 9.17) is 4.74 Å². The van der Waals surface area contributed by atoms with Crippen LogP contribution in [-0.2, 0) is 4.74 Å². The second-order valence-electron chi connectivity index (χ2n) is 6.78. The van der Waals surface area contributed by atoms with Gasteiger partial charge in [-0.25, -0.2) is 0 Å². The maximum absolute atomic E-state index is 12.6. The maximum atomic E-state index is 12.6. The quantitative estimate of drug-likeness (QED) is 0.335. The Bertz CT molecular complexity index is 630. The van der Waals surface area contributed by atoms with Crippen LogP contribution in [0, 0.1) is 0 Å². The number of rotatable bonds is 7. The number of nitrogens with one attached hydrogen (secondary N) is 2. The number of halogens is 3. The third-order valence-electron chi connectivity index (χ3n) is 4.77. The summed E-state index contributed by atoms with van der Waals surface area (Å²) in [5.41, 5.74) is 0.698. The van der Waals surface area contributed by atoms with Crippen LogP contribution in [0.4, 0.5) is 14.5 Å². The molecular formula is C19H29F2IN4O2. The molecule has 1 aromatic carbocycles. The van der Waals surface area contributed by atoms with Crippen LogP contribution in [0.3, 0.4) is 0 Å². The van der Waals surface area contributed by atoms with Crippen LogP contribution in [0.2, 0.25) is 0 Å². The van der Waals surface area contributed by atoms with Crippen LogP contribution in [0.25, 0.3) is 0 Å². The standard InChI is InChI=1S/C19H28F2N4O2.HI/c1-2-22-19(23-12-15-6-5-11-26-15)24-14-9-10-25(13-14)16-7-3-4-8-17(16)27-18(20)21;/h3-4,7-8,14-15,18H,2,5-6,9-13H2,1H3,(H2,22,23,24);1H. The van der Waals surface area contributed by atoms with Gasteiger partial charge in [-0.05, 0) is 38.3 Å². The SMILES string of the molecule is CCNC(=NCC1CCCO1)NC1CCN(c2ccccc2OC(F)F)C1.I. The predicted octanol–water partition coefficient (Wildman–Crippen LogP) is 3.22. The number of ether oxygens (including phenoxy) is 2. The number of nitrogens with zero attached hydrogens (tertiary/aromatic N) is 2. The van der Waals surface area contributed by atoms with Crippen molar-refractivity contribution < 1.29 is 18.3 Å². The first-order valence-corrected chi connectivity index (χ1v) is 9.61. The Kier molecular flexibility index (Phi) is 9.49. The van der Waals surface area contributed by atoms with Gasteiger partial charge in [0.1, 0.15) is 5.75 Å². The summed E-state index contributed by atoms with van der Waals surface area (Å²) in [5, 5.41) is 6.72. The van der Waals surface area contributed by atoms with Gasteiger partial charge in [-0.1, -0.05) is 12.1 Å². The van der Waals surface area contributed by atoms with Gasteiger partial charge in [0.2, 0.25) is 0 Å². The smallest absolute Gasteiger partial charge is 0.387 e. The minimum atomic E-state index is -2.83. The third-order valence-corrected chi connectivity index (χ3v) is 4.77. The van der Waals surface area contributed by atoms with Gasteiger partial charge in [-0.15, -0.1) is 24.0 Å². The van der Waals surface area contributed by atoms with E-state index in [9.17, 15) is 8.78 Å². The molecule has 2 saturated heterocycles. The summed E-state index contributed by atoms with van der Waals surface area (Å²) < 4.78 is 35.6. The number of para-hydroxylation sites is 2. The second-order valence-corrected chi connectivity index (χ2v) is 6.78. The fourth-order valence-corrected chi connectivity index (χ4v) is 3.51. The fraction of sp³-hybridized carbons (Fsp3) is 0.632. The van der Waals surface area contributed by atoms with Gasteiger partial charge in [-0.3, -0.25) is 4.99 Å². The van der Waals surface area contributed by atoms with Gasteiger partial charge in [0.05, 0.1) is 18.3 Å². The molecule has 2 unspecified atom stereocenters. The van der Waals surface area contributed by atoms with Crippen molar-refractivity contribution in [2.45, 2.75) is 44.9 Å². The highest BCUT2D eigenvalue weighted by Gasteiger charge is 2.26. The molecule has 3 rings (SSSR count). The summed E-state index contributed by atoms with van der Waals surface area (Å²) in [6.45, 7) is 2.92. The van der Waals surface area contributed by atoms with Crippen molar-refractivity contribution in [2.24, 2.45) is 4.99 Å². The van der Waals surface area contributed by atoms with Gasteiger partial charge in [0, 0.05) is 32.3 Å². The Balaban J connectivity index is 0.00000280. The molecule has 0 saturated carbocycles. The van der Waals surface area contributed by atoms with Gasteiger partial charge >= 0.3 is 6.61 Å². The molecule has 2 atom stereocenters. The van der Waals surface area contributed by atoms with E-state index in [0.29, 0.717) is 18.8 Å². The molecule has 0 amide bonds. The zero-order valence-corrected chi connectivity index (χ0v) is 18.4. The molecule has 6 nitrogen and oxygen atoms in total. The van der Waals surface area contributed by atoms with Crippen molar-refractivity contribution in [3.05, 3.63) is 24.3 Å². The van der Waals surface area contributed by atoms with Crippen molar-refractivity contribution in [1.82, 2.24) is 10.6 Å². The van der Waals surface area contributed by atoms with Gasteiger partial charge in [-0.2, -0.15) is 8.78 Å². The molecule has 2 aliphatic rings. The molecule has 2 aliphatic heterocycles. The molecule has 28 heavy (non-hydrogen) atoms. The average molecular weight is 510 g/mol. The molecular weight excluding hydrogens is 481 g/mol. The van der Waals surface area contributed by atoms with Crippen LogP contribution >= 0.6 is 24.0 Å². The zero-order chi connectivity index (χ0) is 19.1. The maximum Gasteiger partial charge on any atom is 0.387 e. The molecule has 0 spiro atoms. The minimum Gasteiger partial charge on any atom is -0.433 e. The minimum absolute atomic E-state index is 0. The highest BCUT2D eigenvalue weighted by molar-refractivity contribution is 14.0. The zero-order valence-electron chi connectivity index (χ0n) is 16.1. The molecule has 0 aromatic heterocycles. The number of aliphatic imine (C=N–C) groups is 1. The molecule has 2 N–H and O–H groups in total. The van der Waals surface area contributed by atoms with Crippen LogP contribution in [0.5, 0.6) is 5.75 Å². The fourth-order valence-electron chi connectivity index (χ4n) is 3.51. The lowest BCUT2D eigenvalue weighted by molar-refractivity contribution is -0.0495. The molecule has 0 radical (unpaired) electrons. The van der Waals surface area contributed by atoms with E-state index in [2.05, 4.69) is 25.3 Å². The van der Waals surface area contributed by atoms with Crippen LogP contribution < -0.4 is 20.3 Å². The number of anilines is 1. The first kappa shape index (κ1) is 22.9. The number of hydrogen-bond acceptors (Lipinski definition) is 4. The normalized spacial score (nSPS) is 22.3. The highest BCUT2D eigenvalue weighted by Crippen LogP contribution is 2.31. The summed E-state index contributed by atoms with van der Waals surface area (Å²) in [7, 11) is 0. The number of hydrogen-bond donors (Lipinski definition) is 2. The largest absolute Gasteiger partial charge is 0.433 e. The van der Waals surface area contributed by atoms with Gasteiger partial charge < -0.3 is 25.0 Å². The van der Waals surface area contributed by atoms with E-state index in [0.717, 1.165) is 44.9 Å². The summed E-state index contributed by atoms with van der Waals surface area (Å²) in [5.74, 6) is 0.990. The van der Waals surface area contributed by atoms with Crippen LogP contribution in [-0.4, -0.2) is 57.5 Å². The van der Waals surface area contributed by atoms with Gasteiger partial charge in [0.15, 0.2) is 5.96 Å². The van der Waals surface area contributed by atoms with E-state index in [1.165, 1.54) is 0 Å². The van der Waals surface area contributed by atoms with E-state index in [1.54, 1.807) is 12.1 Å². The van der Waals surface area contributed by atoms with E-state index < -0.39 is 6.61 Å². The Labute approximate surface area is 182 Å². The molecule has 0 bridgehead atoms. The average Bonchev–Trinajstić information content (AvgIpc) is 3.32. The van der Waals surface area contributed by atoms with Crippen molar-refractivity contribution in [3.8, 4) is 5.75 Å². The molecule has 158 valence electrons.